The third-order valence-electron chi connectivity index (χ3n) is 2.65. The molecule has 0 saturated heterocycles. The number of nitrogens with one attached hydrogen (secondary N) is 2. The fourth-order valence-electron chi connectivity index (χ4n) is 1.71. The smallest absolute Gasteiger partial charge is 0.260 e. The fraction of sp³-hybridized carbons (Fsp3) is 0.143. The molecule has 2 N–H and O–H groups in total. The van der Waals surface area contributed by atoms with E-state index in [9.17, 15) is 9.59 Å². The molecule has 0 unspecified atom stereocenters. The van der Waals surface area contributed by atoms with E-state index in [0.717, 1.165) is 5.56 Å². The Labute approximate surface area is 115 Å². The van der Waals surface area contributed by atoms with E-state index in [0.29, 0.717) is 18.0 Å². The predicted molar refractivity (Wildman–Crippen MR) is 74.6 cm³/mol. The molecule has 1 amide bonds. The van der Waals surface area contributed by atoms with E-state index in [1.54, 1.807) is 12.1 Å². The van der Waals surface area contributed by atoms with Crippen molar-refractivity contribution in [2.45, 2.75) is 6.42 Å². The molecule has 0 radical (unpaired) electrons. The molecule has 0 aliphatic rings. The number of pyridine rings is 1. The molecule has 5 heteroatoms. The average Bonchev–Trinajstić information content (AvgIpc) is 2.39. The molecule has 1 aromatic carbocycles. The second-order valence-corrected chi connectivity index (χ2v) is 4.49. The number of hydrogen-bond donors (Lipinski definition) is 2. The molecule has 1 heterocycles. The summed E-state index contributed by atoms with van der Waals surface area (Å²) in [5, 5.41) is 3.38. The quantitative estimate of drug-likeness (QED) is 0.897. The third kappa shape index (κ3) is 3.69. The van der Waals surface area contributed by atoms with Crippen LogP contribution in [0.4, 0.5) is 0 Å². The predicted octanol–water partition coefficient (Wildman–Crippen LogP) is 2.00. The lowest BCUT2D eigenvalue weighted by Crippen LogP contribution is -2.30. The maximum Gasteiger partial charge on any atom is 0.260 e. The number of carbonyl (C=O) groups is 1. The molecular weight excluding hydrogens is 264 g/mol. The van der Waals surface area contributed by atoms with Crippen molar-refractivity contribution < 1.29 is 4.79 Å². The van der Waals surface area contributed by atoms with Gasteiger partial charge in [-0.15, -0.1) is 0 Å². The Morgan fingerprint density at radius 3 is 2.84 bits per heavy atom. The summed E-state index contributed by atoms with van der Waals surface area (Å²) < 4.78 is 0. The summed E-state index contributed by atoms with van der Waals surface area (Å²) in [5.41, 5.74) is 0.770. The first-order valence-electron chi connectivity index (χ1n) is 5.87. The molecular formula is C14H13ClN2O2. The number of H-pyrrole nitrogens is 1. The Morgan fingerprint density at radius 2 is 2.11 bits per heavy atom. The number of benzene rings is 1. The van der Waals surface area contributed by atoms with E-state index in [-0.39, 0.29) is 17.0 Å². The Hall–Kier alpha value is -2.07. The molecule has 4 nitrogen and oxygen atoms in total. The van der Waals surface area contributed by atoms with Crippen molar-refractivity contribution in [1.29, 1.82) is 0 Å². The summed E-state index contributed by atoms with van der Waals surface area (Å²) in [6.07, 6.45) is 2.15. The zero-order valence-electron chi connectivity index (χ0n) is 10.2. The van der Waals surface area contributed by atoms with Gasteiger partial charge < -0.3 is 10.3 Å². The normalized spacial score (nSPS) is 10.2. The van der Waals surface area contributed by atoms with Crippen molar-refractivity contribution >= 4 is 17.5 Å². The molecule has 0 spiro atoms. The van der Waals surface area contributed by atoms with Crippen molar-refractivity contribution in [2.24, 2.45) is 0 Å². The van der Waals surface area contributed by atoms with Crippen LogP contribution in [0.3, 0.4) is 0 Å². The highest BCUT2D eigenvalue weighted by Crippen LogP contribution is 2.10. The highest BCUT2D eigenvalue weighted by molar-refractivity contribution is 6.30. The zero-order valence-corrected chi connectivity index (χ0v) is 10.9. The minimum absolute atomic E-state index is 0.119. The van der Waals surface area contributed by atoms with E-state index in [1.165, 1.54) is 12.3 Å². The zero-order chi connectivity index (χ0) is 13.7. The van der Waals surface area contributed by atoms with Crippen LogP contribution in [0.2, 0.25) is 5.02 Å². The van der Waals surface area contributed by atoms with Gasteiger partial charge in [-0.2, -0.15) is 0 Å². The van der Waals surface area contributed by atoms with Crippen LogP contribution in [0, 0.1) is 0 Å². The van der Waals surface area contributed by atoms with Gasteiger partial charge in [0.2, 0.25) is 0 Å². The van der Waals surface area contributed by atoms with Crippen LogP contribution < -0.4 is 10.9 Å². The average molecular weight is 277 g/mol. The highest BCUT2D eigenvalue weighted by atomic mass is 35.5. The summed E-state index contributed by atoms with van der Waals surface area (Å²) in [6, 6.07) is 10.6. The minimum atomic E-state index is -0.386. The van der Waals surface area contributed by atoms with Gasteiger partial charge >= 0.3 is 0 Å². The van der Waals surface area contributed by atoms with Gasteiger partial charge in [-0.25, -0.2) is 0 Å². The molecule has 1 aromatic heterocycles. The number of carbonyl (C=O) groups excluding carboxylic acids is 1. The van der Waals surface area contributed by atoms with Crippen LogP contribution in [0.5, 0.6) is 0 Å². The van der Waals surface area contributed by atoms with Gasteiger partial charge in [-0.3, -0.25) is 9.59 Å². The van der Waals surface area contributed by atoms with E-state index in [4.69, 9.17) is 11.6 Å². The van der Waals surface area contributed by atoms with Crippen molar-refractivity contribution in [3.8, 4) is 0 Å². The van der Waals surface area contributed by atoms with Gasteiger partial charge in [0.15, 0.2) is 0 Å². The minimum Gasteiger partial charge on any atom is -0.352 e. The number of halogens is 1. The number of amides is 1. The molecule has 0 aliphatic carbocycles. The van der Waals surface area contributed by atoms with Crippen LogP contribution in [0.1, 0.15) is 15.9 Å². The van der Waals surface area contributed by atoms with Crippen LogP contribution in [-0.4, -0.2) is 17.4 Å². The highest BCUT2D eigenvalue weighted by Gasteiger charge is 2.08. The Morgan fingerprint density at radius 1 is 1.26 bits per heavy atom. The number of hydrogen-bond acceptors (Lipinski definition) is 2. The maximum absolute atomic E-state index is 11.8. The Balaban J connectivity index is 1.91. The van der Waals surface area contributed by atoms with E-state index >= 15 is 0 Å². The van der Waals surface area contributed by atoms with Crippen LogP contribution in [0.15, 0.2) is 47.4 Å². The van der Waals surface area contributed by atoms with Crippen LogP contribution >= 0.6 is 11.6 Å². The van der Waals surface area contributed by atoms with Crippen molar-refractivity contribution in [3.05, 3.63) is 69.1 Å². The SMILES string of the molecule is O=C(NCCc1cccc(Cl)c1)c1ccc[nH]c1=O. The van der Waals surface area contributed by atoms with E-state index in [2.05, 4.69) is 10.3 Å². The molecule has 19 heavy (non-hydrogen) atoms. The van der Waals surface area contributed by atoms with Gasteiger partial charge in [0.25, 0.3) is 11.5 Å². The van der Waals surface area contributed by atoms with Crippen molar-refractivity contribution in [1.82, 2.24) is 10.3 Å². The van der Waals surface area contributed by atoms with Crippen molar-refractivity contribution in [3.63, 3.8) is 0 Å². The summed E-state index contributed by atoms with van der Waals surface area (Å²) in [7, 11) is 0. The van der Waals surface area contributed by atoms with Gasteiger partial charge in [0, 0.05) is 17.8 Å². The molecule has 2 aromatic rings. The first-order valence-corrected chi connectivity index (χ1v) is 6.25. The Kier molecular flexibility index (Phi) is 4.36. The first-order chi connectivity index (χ1) is 9.16. The Bertz CT molecular complexity index is 637. The van der Waals surface area contributed by atoms with E-state index in [1.807, 2.05) is 18.2 Å². The molecule has 0 saturated carbocycles. The van der Waals surface area contributed by atoms with Gasteiger partial charge in [0.05, 0.1) is 0 Å². The number of aromatic amines is 1. The largest absolute Gasteiger partial charge is 0.352 e. The van der Waals surface area contributed by atoms with E-state index < -0.39 is 0 Å². The second-order valence-electron chi connectivity index (χ2n) is 4.05. The molecule has 0 aliphatic heterocycles. The summed E-state index contributed by atoms with van der Waals surface area (Å²) in [6.45, 7) is 0.452. The van der Waals surface area contributed by atoms with Crippen molar-refractivity contribution in [2.75, 3.05) is 6.54 Å². The van der Waals surface area contributed by atoms with Crippen LogP contribution in [0.25, 0.3) is 0 Å². The third-order valence-corrected chi connectivity index (χ3v) is 2.89. The maximum atomic E-state index is 11.8. The van der Waals surface area contributed by atoms with Gasteiger partial charge in [-0.1, -0.05) is 23.7 Å². The number of aromatic nitrogens is 1. The lowest BCUT2D eigenvalue weighted by atomic mass is 10.1. The lowest BCUT2D eigenvalue weighted by molar-refractivity contribution is 0.0952. The molecule has 0 fully saturated rings. The van der Waals surface area contributed by atoms with Gasteiger partial charge in [0.1, 0.15) is 5.56 Å². The molecule has 0 atom stereocenters. The van der Waals surface area contributed by atoms with Crippen LogP contribution in [-0.2, 0) is 6.42 Å². The molecule has 0 bridgehead atoms. The molecule has 98 valence electrons. The molecule has 2 rings (SSSR count). The lowest BCUT2D eigenvalue weighted by Gasteiger charge is -2.05. The monoisotopic (exact) mass is 276 g/mol. The number of rotatable bonds is 4. The summed E-state index contributed by atoms with van der Waals surface area (Å²) in [5.74, 6) is -0.371. The summed E-state index contributed by atoms with van der Waals surface area (Å²) in [4.78, 5) is 25.6. The topological polar surface area (TPSA) is 62.0 Å². The first kappa shape index (κ1) is 13.4. The standard InChI is InChI=1S/C14H13ClN2O2/c15-11-4-1-3-10(9-11)6-8-17-14(19)12-5-2-7-16-13(12)18/h1-5,7,9H,6,8H2,(H,16,18)(H,17,19). The van der Waals surface area contributed by atoms with Gasteiger partial charge in [-0.05, 0) is 36.2 Å². The fourth-order valence-corrected chi connectivity index (χ4v) is 1.92. The summed E-state index contributed by atoms with van der Waals surface area (Å²) >= 11 is 5.87. The second kappa shape index (κ2) is 6.20.